The summed E-state index contributed by atoms with van der Waals surface area (Å²) >= 11 is 0. The van der Waals surface area contributed by atoms with E-state index in [2.05, 4.69) is 26.1 Å². The Balaban J connectivity index is 2.38. The van der Waals surface area contributed by atoms with Crippen molar-refractivity contribution >= 4 is 5.78 Å². The van der Waals surface area contributed by atoms with Crippen LogP contribution in [-0.4, -0.2) is 30.1 Å². The maximum Gasteiger partial charge on any atom is 0.148 e. The minimum Gasteiger partial charge on any atom is -0.392 e. The number of aliphatic hydroxyl groups excluding tert-OH is 1. The van der Waals surface area contributed by atoms with Crippen LogP contribution in [0.15, 0.2) is 0 Å². The molecule has 2 unspecified atom stereocenters. The van der Waals surface area contributed by atoms with Crippen molar-refractivity contribution in [2.45, 2.75) is 59.5 Å². The minimum atomic E-state index is -0.556. The van der Waals surface area contributed by atoms with E-state index in [0.29, 0.717) is 5.78 Å². The number of carbonyl (C=O) groups excluding carboxylic acids is 1. The van der Waals surface area contributed by atoms with E-state index in [0.717, 1.165) is 38.8 Å². The first-order valence-corrected chi connectivity index (χ1v) is 7.20. The van der Waals surface area contributed by atoms with Crippen molar-refractivity contribution in [2.24, 2.45) is 16.2 Å². The van der Waals surface area contributed by atoms with E-state index in [-0.39, 0.29) is 10.8 Å². The predicted molar refractivity (Wildman–Crippen MR) is 72.3 cm³/mol. The van der Waals surface area contributed by atoms with Crippen LogP contribution in [0.3, 0.4) is 0 Å². The lowest BCUT2D eigenvalue weighted by atomic mass is 9.59. The molecule has 2 aliphatic rings. The third kappa shape index (κ3) is 1.75. The van der Waals surface area contributed by atoms with Gasteiger partial charge >= 0.3 is 0 Å². The number of nitrogens with one attached hydrogen (secondary N) is 1. The molecule has 0 amide bonds. The van der Waals surface area contributed by atoms with Crippen LogP contribution in [0.4, 0.5) is 0 Å². The Bertz CT molecular complexity index is 337. The van der Waals surface area contributed by atoms with Gasteiger partial charge in [-0.3, -0.25) is 4.79 Å². The van der Waals surface area contributed by atoms with Crippen LogP contribution in [0.5, 0.6) is 0 Å². The maximum absolute atomic E-state index is 13.1. The van der Waals surface area contributed by atoms with Crippen LogP contribution in [0.1, 0.15) is 53.4 Å². The zero-order valence-corrected chi connectivity index (χ0v) is 12.2. The number of rotatable bonds is 1. The molecule has 2 N–H and O–H groups in total. The molecule has 0 radical (unpaired) electrons. The topological polar surface area (TPSA) is 49.3 Å². The van der Waals surface area contributed by atoms with Gasteiger partial charge in [-0.1, -0.05) is 20.8 Å². The minimum absolute atomic E-state index is 0.157. The Kier molecular flexibility index (Phi) is 3.35. The molecule has 104 valence electrons. The van der Waals surface area contributed by atoms with Gasteiger partial charge in [0.2, 0.25) is 0 Å². The number of piperidine rings is 1. The normalized spacial score (nSPS) is 33.9. The van der Waals surface area contributed by atoms with Crippen molar-refractivity contribution in [1.82, 2.24) is 5.32 Å². The van der Waals surface area contributed by atoms with E-state index < -0.39 is 11.5 Å². The highest BCUT2D eigenvalue weighted by molar-refractivity contribution is 5.93. The molecule has 1 aliphatic heterocycles. The fourth-order valence-electron chi connectivity index (χ4n) is 4.26. The van der Waals surface area contributed by atoms with Crippen LogP contribution < -0.4 is 5.32 Å². The number of Topliss-reactive ketones (excluding diaryl/α,β-unsaturated/α-hetero) is 1. The first-order valence-electron chi connectivity index (χ1n) is 7.20. The van der Waals surface area contributed by atoms with E-state index in [1.54, 1.807) is 6.92 Å². The van der Waals surface area contributed by atoms with Gasteiger partial charge in [-0.15, -0.1) is 0 Å². The summed E-state index contributed by atoms with van der Waals surface area (Å²) in [5, 5.41) is 13.6. The molecule has 0 aromatic heterocycles. The Morgan fingerprint density at radius 1 is 1.17 bits per heavy atom. The number of aliphatic hydroxyl groups is 1. The molecular formula is C15H27NO2. The second kappa shape index (κ2) is 4.31. The zero-order chi connectivity index (χ0) is 13.6. The molecule has 1 aliphatic carbocycles. The van der Waals surface area contributed by atoms with Crippen molar-refractivity contribution in [3.05, 3.63) is 0 Å². The van der Waals surface area contributed by atoms with Gasteiger partial charge in [-0.05, 0) is 51.1 Å². The highest BCUT2D eigenvalue weighted by Crippen LogP contribution is 2.59. The Labute approximate surface area is 110 Å². The van der Waals surface area contributed by atoms with Gasteiger partial charge in [0.15, 0.2) is 0 Å². The smallest absolute Gasteiger partial charge is 0.148 e. The average molecular weight is 253 g/mol. The molecule has 1 saturated carbocycles. The van der Waals surface area contributed by atoms with Crippen molar-refractivity contribution in [3.8, 4) is 0 Å². The standard InChI is InChI=1S/C15H27NO2/c1-11(17)15(13(2,3)4)6-5-14(12(15)18)7-9-16-10-8-14/h11,16-17H,5-10H2,1-4H3. The molecule has 0 bridgehead atoms. The Hall–Kier alpha value is -0.410. The molecule has 3 nitrogen and oxygen atoms in total. The zero-order valence-electron chi connectivity index (χ0n) is 12.2. The molecule has 0 aromatic carbocycles. The molecule has 1 heterocycles. The summed E-state index contributed by atoms with van der Waals surface area (Å²) in [7, 11) is 0. The third-order valence-corrected chi connectivity index (χ3v) is 5.50. The van der Waals surface area contributed by atoms with Gasteiger partial charge in [-0.2, -0.15) is 0 Å². The van der Waals surface area contributed by atoms with Gasteiger partial charge in [0.1, 0.15) is 5.78 Å². The van der Waals surface area contributed by atoms with Crippen LogP contribution in [0.2, 0.25) is 0 Å². The Morgan fingerprint density at radius 2 is 1.72 bits per heavy atom. The van der Waals surface area contributed by atoms with E-state index in [9.17, 15) is 9.90 Å². The van der Waals surface area contributed by atoms with E-state index in [1.165, 1.54) is 0 Å². The van der Waals surface area contributed by atoms with Crippen molar-refractivity contribution in [3.63, 3.8) is 0 Å². The predicted octanol–water partition coefficient (Wildman–Crippen LogP) is 2.13. The summed E-state index contributed by atoms with van der Waals surface area (Å²) < 4.78 is 0. The lowest BCUT2D eigenvalue weighted by molar-refractivity contribution is -0.149. The summed E-state index contributed by atoms with van der Waals surface area (Å²) in [6, 6.07) is 0. The second-order valence-corrected chi connectivity index (χ2v) is 7.26. The van der Waals surface area contributed by atoms with E-state index in [1.807, 2.05) is 0 Å². The first kappa shape index (κ1) is 14.0. The molecule has 3 heteroatoms. The van der Waals surface area contributed by atoms with Crippen LogP contribution in [-0.2, 0) is 4.79 Å². The summed E-state index contributed by atoms with van der Waals surface area (Å²) in [5.74, 6) is 0.332. The largest absolute Gasteiger partial charge is 0.392 e. The first-order chi connectivity index (χ1) is 8.26. The molecule has 0 aromatic rings. The average Bonchev–Trinajstić information content (AvgIpc) is 2.55. The Morgan fingerprint density at radius 3 is 2.11 bits per heavy atom. The number of carbonyl (C=O) groups is 1. The van der Waals surface area contributed by atoms with Crippen molar-refractivity contribution in [1.29, 1.82) is 0 Å². The number of hydrogen-bond donors (Lipinski definition) is 2. The fraction of sp³-hybridized carbons (Fsp3) is 0.933. The van der Waals surface area contributed by atoms with E-state index in [4.69, 9.17) is 0 Å². The van der Waals surface area contributed by atoms with Crippen LogP contribution >= 0.6 is 0 Å². The fourth-order valence-corrected chi connectivity index (χ4v) is 4.26. The summed E-state index contributed by atoms with van der Waals surface area (Å²) in [6.07, 6.45) is 3.12. The molecule has 2 rings (SSSR count). The summed E-state index contributed by atoms with van der Waals surface area (Å²) in [6.45, 7) is 9.95. The SMILES string of the molecule is CC(O)C1(C(C)(C)C)CCC2(CCNCC2)C1=O. The van der Waals surface area contributed by atoms with Crippen molar-refractivity contribution in [2.75, 3.05) is 13.1 Å². The second-order valence-electron chi connectivity index (χ2n) is 7.26. The van der Waals surface area contributed by atoms with E-state index >= 15 is 0 Å². The number of ketones is 1. The van der Waals surface area contributed by atoms with Gasteiger partial charge < -0.3 is 10.4 Å². The molecule has 1 saturated heterocycles. The third-order valence-electron chi connectivity index (χ3n) is 5.50. The molecule has 1 spiro atoms. The monoisotopic (exact) mass is 253 g/mol. The molecule has 18 heavy (non-hydrogen) atoms. The van der Waals surface area contributed by atoms with Gasteiger partial charge in [-0.25, -0.2) is 0 Å². The lowest BCUT2D eigenvalue weighted by Crippen LogP contribution is -2.52. The highest BCUT2D eigenvalue weighted by Gasteiger charge is 2.62. The van der Waals surface area contributed by atoms with Crippen LogP contribution in [0.25, 0.3) is 0 Å². The number of hydrogen-bond acceptors (Lipinski definition) is 3. The van der Waals surface area contributed by atoms with Gasteiger partial charge in [0, 0.05) is 5.41 Å². The molecular weight excluding hydrogens is 226 g/mol. The molecule has 2 atom stereocenters. The van der Waals surface area contributed by atoms with Crippen molar-refractivity contribution < 1.29 is 9.90 Å². The quantitative estimate of drug-likeness (QED) is 0.752. The van der Waals surface area contributed by atoms with Gasteiger partial charge in [0.25, 0.3) is 0 Å². The summed E-state index contributed by atoms with van der Waals surface area (Å²) in [4.78, 5) is 13.1. The van der Waals surface area contributed by atoms with Crippen LogP contribution in [0, 0.1) is 16.2 Å². The van der Waals surface area contributed by atoms with Gasteiger partial charge in [0.05, 0.1) is 11.5 Å². The molecule has 2 fully saturated rings. The highest BCUT2D eigenvalue weighted by atomic mass is 16.3. The maximum atomic E-state index is 13.1. The lowest BCUT2D eigenvalue weighted by Gasteiger charge is -2.45. The summed E-state index contributed by atoms with van der Waals surface area (Å²) in [5.41, 5.74) is -0.882.